The summed E-state index contributed by atoms with van der Waals surface area (Å²) in [5.41, 5.74) is 0.711. The van der Waals surface area contributed by atoms with Crippen molar-refractivity contribution in [3.05, 3.63) is 47.5 Å². The van der Waals surface area contributed by atoms with Gasteiger partial charge in [-0.3, -0.25) is 9.69 Å². The summed E-state index contributed by atoms with van der Waals surface area (Å²) in [5, 5.41) is 6.97. The van der Waals surface area contributed by atoms with Gasteiger partial charge in [-0.15, -0.1) is 0 Å². The second-order valence-corrected chi connectivity index (χ2v) is 6.16. The van der Waals surface area contributed by atoms with E-state index in [4.69, 9.17) is 0 Å². The average Bonchev–Trinajstić information content (AvgIpc) is 3.07. The number of urea groups is 1. The highest BCUT2D eigenvalue weighted by atomic mass is 16.2. The van der Waals surface area contributed by atoms with Crippen LogP contribution in [0.1, 0.15) is 37.2 Å². The molecule has 1 aromatic heterocycles. The molecular formula is C17H21N5O2. The second-order valence-electron chi connectivity index (χ2n) is 6.16. The van der Waals surface area contributed by atoms with Crippen LogP contribution in [0.3, 0.4) is 0 Å². The van der Waals surface area contributed by atoms with Crippen molar-refractivity contribution in [1.29, 1.82) is 0 Å². The molecular weight excluding hydrogens is 306 g/mol. The van der Waals surface area contributed by atoms with Crippen LogP contribution in [0, 0.1) is 6.92 Å². The number of carbonyl (C=O) groups is 2. The fourth-order valence-electron chi connectivity index (χ4n) is 3.11. The molecule has 0 spiro atoms. The Bertz CT molecular complexity index is 785. The molecule has 7 nitrogen and oxygen atoms in total. The van der Waals surface area contributed by atoms with Gasteiger partial charge < -0.3 is 5.32 Å². The third kappa shape index (κ3) is 2.55. The number of nitrogens with one attached hydrogen (secondary N) is 1. The number of nitrogens with zero attached hydrogens (tertiary/aromatic N) is 4. The number of hydrogen-bond acceptors (Lipinski definition) is 4. The summed E-state index contributed by atoms with van der Waals surface area (Å²) in [7, 11) is 0. The Labute approximate surface area is 140 Å². The standard InChI is InChI=1S/C17H21N5O2/c1-4-9-22-14(18-11-19-22)10-21-15(23)17(3,20-16(21)24)13-8-6-5-7-12(13)2/h5-8,11H,4,9-10H2,1-3H3,(H,20,24)/t17-/m0/s1. The van der Waals surface area contributed by atoms with Gasteiger partial charge in [0.25, 0.3) is 5.91 Å². The van der Waals surface area contributed by atoms with E-state index in [1.807, 2.05) is 38.1 Å². The summed E-state index contributed by atoms with van der Waals surface area (Å²) < 4.78 is 1.73. The van der Waals surface area contributed by atoms with Crippen molar-refractivity contribution in [2.24, 2.45) is 0 Å². The van der Waals surface area contributed by atoms with Crippen LogP contribution in [0.4, 0.5) is 4.79 Å². The van der Waals surface area contributed by atoms with Crippen molar-refractivity contribution in [2.75, 3.05) is 0 Å². The minimum atomic E-state index is -1.06. The van der Waals surface area contributed by atoms with Gasteiger partial charge in [0.2, 0.25) is 0 Å². The zero-order valence-electron chi connectivity index (χ0n) is 14.1. The SMILES string of the molecule is CCCn1ncnc1CN1C(=O)N[C@@](C)(c2ccccc2C)C1=O. The second kappa shape index (κ2) is 6.07. The van der Waals surface area contributed by atoms with Gasteiger partial charge in [0.15, 0.2) is 0 Å². The molecule has 1 saturated heterocycles. The first kappa shape index (κ1) is 16.2. The van der Waals surface area contributed by atoms with E-state index in [0.717, 1.165) is 17.5 Å². The molecule has 1 aliphatic rings. The largest absolute Gasteiger partial charge is 0.325 e. The van der Waals surface area contributed by atoms with Crippen LogP contribution >= 0.6 is 0 Å². The first-order valence-electron chi connectivity index (χ1n) is 8.04. The molecule has 0 radical (unpaired) electrons. The summed E-state index contributed by atoms with van der Waals surface area (Å²) in [6.45, 7) is 6.53. The Kier molecular flexibility index (Phi) is 4.09. The summed E-state index contributed by atoms with van der Waals surface area (Å²) in [5.74, 6) is 0.335. The lowest BCUT2D eigenvalue weighted by Crippen LogP contribution is -2.41. The number of rotatable bonds is 5. The number of hydrogen-bond donors (Lipinski definition) is 1. The molecule has 2 heterocycles. The van der Waals surface area contributed by atoms with Crippen molar-refractivity contribution in [3.63, 3.8) is 0 Å². The number of imide groups is 1. The Morgan fingerprint density at radius 1 is 1.25 bits per heavy atom. The minimum Gasteiger partial charge on any atom is -0.319 e. The molecule has 126 valence electrons. The van der Waals surface area contributed by atoms with Gasteiger partial charge in [-0.1, -0.05) is 31.2 Å². The first-order chi connectivity index (χ1) is 11.5. The highest BCUT2D eigenvalue weighted by Gasteiger charge is 2.49. The summed E-state index contributed by atoms with van der Waals surface area (Å²) in [4.78, 5) is 30.8. The molecule has 24 heavy (non-hydrogen) atoms. The zero-order valence-corrected chi connectivity index (χ0v) is 14.1. The van der Waals surface area contributed by atoms with Gasteiger partial charge in [-0.2, -0.15) is 5.10 Å². The summed E-state index contributed by atoms with van der Waals surface area (Å²) in [6, 6.07) is 7.18. The van der Waals surface area contributed by atoms with Crippen LogP contribution in [-0.2, 0) is 23.4 Å². The quantitative estimate of drug-likeness (QED) is 0.851. The van der Waals surface area contributed by atoms with Crippen LogP contribution in [0.25, 0.3) is 0 Å². The molecule has 1 aliphatic heterocycles. The molecule has 3 rings (SSSR count). The Morgan fingerprint density at radius 3 is 2.71 bits per heavy atom. The van der Waals surface area contributed by atoms with E-state index in [2.05, 4.69) is 15.4 Å². The predicted octanol–water partition coefficient (Wildman–Crippen LogP) is 1.96. The highest BCUT2D eigenvalue weighted by Crippen LogP contribution is 2.31. The molecule has 1 N–H and O–H groups in total. The fourth-order valence-corrected chi connectivity index (χ4v) is 3.11. The van der Waals surface area contributed by atoms with Crippen LogP contribution in [0.15, 0.2) is 30.6 Å². The molecule has 7 heteroatoms. The molecule has 1 atom stereocenters. The van der Waals surface area contributed by atoms with Crippen LogP contribution in [0.2, 0.25) is 0 Å². The maximum absolute atomic E-state index is 13.0. The normalized spacial score (nSPS) is 20.5. The Morgan fingerprint density at radius 2 is 2.00 bits per heavy atom. The summed E-state index contributed by atoms with van der Waals surface area (Å²) >= 11 is 0. The molecule has 0 bridgehead atoms. The van der Waals surface area contributed by atoms with Crippen molar-refractivity contribution < 1.29 is 9.59 Å². The molecule has 2 aromatic rings. The minimum absolute atomic E-state index is 0.117. The van der Waals surface area contributed by atoms with Gasteiger partial charge in [-0.05, 0) is 31.4 Å². The van der Waals surface area contributed by atoms with E-state index in [1.54, 1.807) is 11.6 Å². The molecule has 0 unspecified atom stereocenters. The van der Waals surface area contributed by atoms with Crippen LogP contribution in [-0.4, -0.2) is 31.6 Å². The van der Waals surface area contributed by atoms with Crippen molar-refractivity contribution in [1.82, 2.24) is 25.0 Å². The van der Waals surface area contributed by atoms with Crippen LogP contribution < -0.4 is 5.32 Å². The maximum Gasteiger partial charge on any atom is 0.325 e. The lowest BCUT2D eigenvalue weighted by Gasteiger charge is -2.24. The Hall–Kier alpha value is -2.70. The molecule has 0 saturated carbocycles. The maximum atomic E-state index is 13.0. The molecule has 0 aliphatic carbocycles. The lowest BCUT2D eigenvalue weighted by molar-refractivity contribution is -0.131. The number of benzene rings is 1. The highest BCUT2D eigenvalue weighted by molar-refractivity contribution is 6.07. The van der Waals surface area contributed by atoms with Crippen molar-refractivity contribution >= 4 is 11.9 Å². The monoisotopic (exact) mass is 327 g/mol. The van der Waals surface area contributed by atoms with E-state index in [0.29, 0.717) is 12.4 Å². The summed E-state index contributed by atoms with van der Waals surface area (Å²) in [6.07, 6.45) is 2.35. The zero-order chi connectivity index (χ0) is 17.3. The van der Waals surface area contributed by atoms with E-state index < -0.39 is 11.6 Å². The number of carbonyl (C=O) groups excluding carboxylic acids is 2. The van der Waals surface area contributed by atoms with Gasteiger partial charge in [0.1, 0.15) is 17.7 Å². The van der Waals surface area contributed by atoms with E-state index in [9.17, 15) is 9.59 Å². The van der Waals surface area contributed by atoms with Gasteiger partial charge in [0, 0.05) is 6.54 Å². The van der Waals surface area contributed by atoms with Gasteiger partial charge >= 0.3 is 6.03 Å². The fraction of sp³-hybridized carbons (Fsp3) is 0.412. The van der Waals surface area contributed by atoms with Gasteiger partial charge in [-0.25, -0.2) is 14.5 Å². The van der Waals surface area contributed by atoms with Gasteiger partial charge in [0.05, 0.1) is 6.54 Å². The van der Waals surface area contributed by atoms with Crippen molar-refractivity contribution in [3.8, 4) is 0 Å². The Balaban J connectivity index is 1.89. The predicted molar refractivity (Wildman–Crippen MR) is 87.9 cm³/mol. The third-order valence-electron chi connectivity index (χ3n) is 4.39. The number of aromatic nitrogens is 3. The van der Waals surface area contributed by atoms with Crippen LogP contribution in [0.5, 0.6) is 0 Å². The van der Waals surface area contributed by atoms with E-state index in [-0.39, 0.29) is 12.5 Å². The van der Waals surface area contributed by atoms with E-state index in [1.165, 1.54) is 11.2 Å². The molecule has 1 fully saturated rings. The number of aryl methyl sites for hydroxylation is 2. The van der Waals surface area contributed by atoms with E-state index >= 15 is 0 Å². The first-order valence-corrected chi connectivity index (χ1v) is 8.04. The molecule has 1 aromatic carbocycles. The lowest BCUT2D eigenvalue weighted by atomic mass is 9.88. The smallest absolute Gasteiger partial charge is 0.319 e. The van der Waals surface area contributed by atoms with Crippen molar-refractivity contribution in [2.45, 2.75) is 45.8 Å². The average molecular weight is 327 g/mol. The number of amides is 3. The topological polar surface area (TPSA) is 80.1 Å². The molecule has 3 amide bonds. The third-order valence-corrected chi connectivity index (χ3v) is 4.39.